The Morgan fingerprint density at radius 3 is 2.94 bits per heavy atom. The first-order chi connectivity index (χ1) is 15.6. The number of fused-ring (bicyclic) bond motifs is 1. The molecule has 0 radical (unpaired) electrons. The summed E-state index contributed by atoms with van der Waals surface area (Å²) in [5.74, 6) is -0.364. The zero-order valence-electron chi connectivity index (χ0n) is 17.8. The minimum Gasteiger partial charge on any atom is -0.466 e. The molecule has 1 aliphatic rings. The van der Waals surface area contributed by atoms with Crippen molar-refractivity contribution in [3.05, 3.63) is 44.2 Å². The highest BCUT2D eigenvalue weighted by Crippen LogP contribution is 2.24. The van der Waals surface area contributed by atoms with E-state index < -0.39 is 0 Å². The first-order valence-electron chi connectivity index (χ1n) is 10.6. The van der Waals surface area contributed by atoms with Crippen LogP contribution in [-0.2, 0) is 27.3 Å². The normalized spacial score (nSPS) is 16.4. The molecule has 0 aliphatic carbocycles. The quantitative estimate of drug-likeness (QED) is 0.272. The zero-order valence-corrected chi connectivity index (χ0v) is 20.3. The number of hydrogen-bond donors (Lipinski definition) is 0. The van der Waals surface area contributed by atoms with Crippen molar-refractivity contribution in [3.63, 3.8) is 0 Å². The number of aryl methyl sites for hydroxylation is 1. The van der Waals surface area contributed by atoms with Crippen LogP contribution < -0.4 is 5.56 Å². The van der Waals surface area contributed by atoms with E-state index >= 15 is 0 Å². The summed E-state index contributed by atoms with van der Waals surface area (Å²) in [6.45, 7) is 3.68. The maximum atomic E-state index is 13.1. The number of thiophene rings is 2. The fourth-order valence-electron chi connectivity index (χ4n) is 3.78. The first kappa shape index (κ1) is 23.0. The van der Waals surface area contributed by atoms with Gasteiger partial charge in [-0.2, -0.15) is 0 Å². The molecule has 7 nitrogen and oxygen atoms in total. The van der Waals surface area contributed by atoms with Gasteiger partial charge in [0.15, 0.2) is 5.16 Å². The summed E-state index contributed by atoms with van der Waals surface area (Å²) < 4.78 is 7.46. The molecule has 3 aromatic heterocycles. The molecule has 4 heterocycles. The number of carbonyl (C=O) groups is 2. The number of aromatic nitrogens is 2. The van der Waals surface area contributed by atoms with Crippen molar-refractivity contribution in [1.82, 2.24) is 14.5 Å². The molecule has 0 unspecified atom stereocenters. The number of carbonyl (C=O) groups excluding carboxylic acids is 2. The van der Waals surface area contributed by atoms with E-state index in [1.165, 1.54) is 28.0 Å². The van der Waals surface area contributed by atoms with Gasteiger partial charge in [-0.1, -0.05) is 17.8 Å². The van der Waals surface area contributed by atoms with Crippen molar-refractivity contribution >= 4 is 56.5 Å². The van der Waals surface area contributed by atoms with E-state index in [4.69, 9.17) is 4.74 Å². The number of piperidine rings is 1. The number of likely N-dealkylation sites (tertiary alicyclic amines) is 1. The summed E-state index contributed by atoms with van der Waals surface area (Å²) in [5.41, 5.74) is 0.611. The molecule has 1 saturated heterocycles. The molecule has 0 bridgehead atoms. The summed E-state index contributed by atoms with van der Waals surface area (Å²) >= 11 is 4.35. The van der Waals surface area contributed by atoms with Crippen LogP contribution in [-0.4, -0.2) is 51.8 Å². The van der Waals surface area contributed by atoms with Crippen molar-refractivity contribution in [2.45, 2.75) is 37.9 Å². The zero-order chi connectivity index (χ0) is 22.5. The Balaban J connectivity index is 1.47. The molecule has 1 aliphatic heterocycles. The maximum Gasteiger partial charge on any atom is 0.310 e. The van der Waals surface area contributed by atoms with E-state index in [2.05, 4.69) is 11.1 Å². The van der Waals surface area contributed by atoms with Crippen LogP contribution in [0, 0.1) is 5.92 Å². The predicted octanol–water partition coefficient (Wildman–Crippen LogP) is 3.66. The van der Waals surface area contributed by atoms with E-state index in [9.17, 15) is 14.4 Å². The highest BCUT2D eigenvalue weighted by Gasteiger charge is 2.29. The Hall–Kier alpha value is -2.17. The van der Waals surface area contributed by atoms with Gasteiger partial charge in [0.2, 0.25) is 5.91 Å². The van der Waals surface area contributed by atoms with Crippen LogP contribution >= 0.6 is 34.4 Å². The lowest BCUT2D eigenvalue weighted by atomic mass is 9.98. The summed E-state index contributed by atoms with van der Waals surface area (Å²) in [7, 11) is 0. The predicted molar refractivity (Wildman–Crippen MR) is 129 cm³/mol. The van der Waals surface area contributed by atoms with Crippen molar-refractivity contribution < 1.29 is 14.3 Å². The molecule has 0 aromatic carbocycles. The van der Waals surface area contributed by atoms with Gasteiger partial charge in [-0.15, -0.1) is 22.7 Å². The molecule has 32 heavy (non-hydrogen) atoms. The van der Waals surface area contributed by atoms with Crippen molar-refractivity contribution in [2.75, 3.05) is 25.4 Å². The Labute approximate surface area is 198 Å². The molecule has 1 atom stereocenters. The molecular weight excluding hydrogens is 466 g/mol. The summed E-state index contributed by atoms with van der Waals surface area (Å²) in [6, 6.07) is 5.89. The van der Waals surface area contributed by atoms with Crippen molar-refractivity contribution in [2.24, 2.45) is 5.92 Å². The van der Waals surface area contributed by atoms with Crippen LogP contribution in [0.4, 0.5) is 0 Å². The number of esters is 1. The number of rotatable bonds is 8. The molecule has 1 amide bonds. The summed E-state index contributed by atoms with van der Waals surface area (Å²) in [4.78, 5) is 45.7. The third-order valence-electron chi connectivity index (χ3n) is 5.41. The Morgan fingerprint density at radius 1 is 1.28 bits per heavy atom. The van der Waals surface area contributed by atoms with Crippen LogP contribution in [0.5, 0.6) is 0 Å². The highest BCUT2D eigenvalue weighted by atomic mass is 32.2. The van der Waals surface area contributed by atoms with Gasteiger partial charge in [0.25, 0.3) is 5.56 Å². The van der Waals surface area contributed by atoms with Crippen LogP contribution in [0.25, 0.3) is 10.2 Å². The Bertz CT molecular complexity index is 1140. The van der Waals surface area contributed by atoms with E-state index in [-0.39, 0.29) is 29.1 Å². The van der Waals surface area contributed by atoms with Gasteiger partial charge in [-0.25, -0.2) is 4.98 Å². The number of amides is 1. The van der Waals surface area contributed by atoms with Gasteiger partial charge in [0.1, 0.15) is 4.70 Å². The minimum absolute atomic E-state index is 0.0477. The molecule has 4 rings (SSSR count). The Kier molecular flexibility index (Phi) is 7.64. The lowest BCUT2D eigenvalue weighted by Gasteiger charge is -2.31. The van der Waals surface area contributed by atoms with Crippen LogP contribution in [0.3, 0.4) is 0 Å². The van der Waals surface area contributed by atoms with Gasteiger partial charge in [-0.05, 0) is 49.1 Å². The minimum atomic E-state index is -0.262. The summed E-state index contributed by atoms with van der Waals surface area (Å²) in [6.07, 6.45) is 2.27. The van der Waals surface area contributed by atoms with E-state index in [1.807, 2.05) is 22.9 Å². The monoisotopic (exact) mass is 491 g/mol. The number of thioether (sulfide) groups is 1. The van der Waals surface area contributed by atoms with Gasteiger partial charge >= 0.3 is 5.97 Å². The van der Waals surface area contributed by atoms with Crippen LogP contribution in [0.15, 0.2) is 38.9 Å². The Morgan fingerprint density at radius 2 is 2.16 bits per heavy atom. The maximum absolute atomic E-state index is 13.1. The fraction of sp³-hybridized carbons (Fsp3) is 0.455. The van der Waals surface area contributed by atoms with E-state index in [1.54, 1.807) is 27.7 Å². The number of nitrogens with zero attached hydrogens (tertiary/aromatic N) is 3. The molecular formula is C22H25N3O4S3. The third kappa shape index (κ3) is 5.24. The second-order valence-corrected chi connectivity index (χ2v) is 10.4. The van der Waals surface area contributed by atoms with Gasteiger partial charge < -0.3 is 9.64 Å². The van der Waals surface area contributed by atoms with Crippen LogP contribution in [0.1, 0.15) is 24.6 Å². The third-order valence-corrected chi connectivity index (χ3v) is 8.20. The van der Waals surface area contributed by atoms with E-state index in [0.29, 0.717) is 41.6 Å². The fourth-order valence-corrected chi connectivity index (χ4v) is 6.19. The van der Waals surface area contributed by atoms with E-state index in [0.717, 1.165) is 19.3 Å². The standard InChI is InChI=1S/C22H25N3O4S3/c1-2-29-21(28)15-5-3-9-24(13-15)18(26)14-32-22-23-17-8-12-31-19(17)20(27)25(22)10-7-16-6-4-11-30-16/h4,6,8,11-12,15H,2-3,5,7,9-10,13-14H2,1H3/t15-/m1/s1. The topological polar surface area (TPSA) is 81.5 Å². The lowest BCUT2D eigenvalue weighted by Crippen LogP contribution is -2.43. The highest BCUT2D eigenvalue weighted by molar-refractivity contribution is 7.99. The largest absolute Gasteiger partial charge is 0.466 e. The molecule has 0 N–H and O–H groups in total. The van der Waals surface area contributed by atoms with Crippen molar-refractivity contribution in [1.29, 1.82) is 0 Å². The smallest absolute Gasteiger partial charge is 0.310 e. The molecule has 0 spiro atoms. The van der Waals surface area contributed by atoms with Crippen molar-refractivity contribution in [3.8, 4) is 0 Å². The molecule has 170 valence electrons. The van der Waals surface area contributed by atoms with Gasteiger partial charge in [0.05, 0.1) is 23.8 Å². The number of hydrogen-bond acceptors (Lipinski definition) is 8. The van der Waals surface area contributed by atoms with Gasteiger partial charge in [-0.3, -0.25) is 19.0 Å². The summed E-state index contributed by atoms with van der Waals surface area (Å²) in [5, 5.41) is 4.45. The first-order valence-corrected chi connectivity index (χ1v) is 13.4. The molecule has 10 heteroatoms. The molecule has 3 aromatic rings. The number of ether oxygens (including phenoxy) is 1. The molecule has 1 fully saturated rings. The second kappa shape index (κ2) is 10.6. The van der Waals surface area contributed by atoms with Gasteiger partial charge in [0, 0.05) is 24.5 Å². The SMILES string of the molecule is CCOC(=O)[C@@H]1CCCN(C(=O)CSc2nc3ccsc3c(=O)n2CCc2cccs2)C1. The lowest BCUT2D eigenvalue weighted by molar-refractivity contribution is -0.151. The average molecular weight is 492 g/mol. The molecule has 0 saturated carbocycles. The average Bonchev–Trinajstić information content (AvgIpc) is 3.49. The second-order valence-electron chi connectivity index (χ2n) is 7.54. The van der Waals surface area contributed by atoms with Crippen LogP contribution in [0.2, 0.25) is 0 Å².